The molecule has 0 heterocycles. The first-order valence-electron chi connectivity index (χ1n) is 8.45. The molecule has 3 heteroatoms. The number of rotatable bonds is 8. The molecule has 2 saturated carbocycles. The van der Waals surface area contributed by atoms with Gasteiger partial charge in [0.15, 0.2) is 0 Å². The Hall–Kier alpha value is -1.09. The number of nitrogens with two attached hydrogens (primary N) is 1. The molecule has 1 aromatic carbocycles. The molecule has 1 atom stereocenters. The van der Waals surface area contributed by atoms with Crippen LogP contribution in [0.15, 0.2) is 18.2 Å². The van der Waals surface area contributed by atoms with Gasteiger partial charge in [0.1, 0.15) is 5.82 Å². The summed E-state index contributed by atoms with van der Waals surface area (Å²) in [4.78, 5) is 2.44. The van der Waals surface area contributed by atoms with E-state index in [9.17, 15) is 4.39 Å². The molecule has 0 bridgehead atoms. The van der Waals surface area contributed by atoms with Gasteiger partial charge in [-0.2, -0.15) is 0 Å². The minimum Gasteiger partial charge on any atom is -0.371 e. The quantitative estimate of drug-likeness (QED) is 0.790. The largest absolute Gasteiger partial charge is 0.371 e. The maximum Gasteiger partial charge on any atom is 0.128 e. The van der Waals surface area contributed by atoms with Crippen LogP contribution in [0.25, 0.3) is 0 Å². The molecule has 0 saturated heterocycles. The van der Waals surface area contributed by atoms with Crippen molar-refractivity contribution in [3.63, 3.8) is 0 Å². The predicted octanol–water partition coefficient (Wildman–Crippen LogP) is 3.73. The first-order chi connectivity index (χ1) is 10.2. The average molecular weight is 290 g/mol. The molecule has 2 N–H and O–H groups in total. The normalized spacial score (nSPS) is 19.6. The predicted molar refractivity (Wildman–Crippen MR) is 86.0 cm³/mol. The number of benzene rings is 1. The fraction of sp³-hybridized carbons (Fsp3) is 0.667. The molecular formula is C18H27FN2. The Morgan fingerprint density at radius 1 is 1.19 bits per heavy atom. The third-order valence-electron chi connectivity index (χ3n) is 4.78. The van der Waals surface area contributed by atoms with Gasteiger partial charge in [-0.15, -0.1) is 0 Å². The molecule has 0 radical (unpaired) electrons. The molecule has 2 fully saturated rings. The maximum absolute atomic E-state index is 14.3. The fourth-order valence-electron chi connectivity index (χ4n) is 2.95. The van der Waals surface area contributed by atoms with Gasteiger partial charge in [0.05, 0.1) is 0 Å². The van der Waals surface area contributed by atoms with Gasteiger partial charge in [-0.05, 0) is 62.5 Å². The summed E-state index contributed by atoms with van der Waals surface area (Å²) in [5.74, 6) is 1.55. The van der Waals surface area contributed by atoms with E-state index in [-0.39, 0.29) is 11.9 Å². The minimum atomic E-state index is -0.0898. The smallest absolute Gasteiger partial charge is 0.128 e. The van der Waals surface area contributed by atoms with Gasteiger partial charge < -0.3 is 10.6 Å². The highest BCUT2D eigenvalue weighted by Crippen LogP contribution is 2.37. The molecule has 21 heavy (non-hydrogen) atoms. The molecule has 1 aromatic rings. The van der Waals surface area contributed by atoms with Gasteiger partial charge in [-0.1, -0.05) is 13.0 Å². The van der Waals surface area contributed by atoms with Crippen molar-refractivity contribution in [3.8, 4) is 0 Å². The van der Waals surface area contributed by atoms with E-state index < -0.39 is 0 Å². The number of hydrogen-bond donors (Lipinski definition) is 1. The van der Waals surface area contributed by atoms with Crippen LogP contribution in [0.3, 0.4) is 0 Å². The molecule has 1 unspecified atom stereocenters. The van der Waals surface area contributed by atoms with Gasteiger partial charge in [0.25, 0.3) is 0 Å². The fourth-order valence-corrected chi connectivity index (χ4v) is 2.95. The average Bonchev–Trinajstić information content (AvgIpc) is 3.36. The molecular weight excluding hydrogens is 263 g/mol. The van der Waals surface area contributed by atoms with Crippen LogP contribution in [-0.2, 0) is 6.42 Å². The van der Waals surface area contributed by atoms with Crippen molar-refractivity contribution in [3.05, 3.63) is 29.6 Å². The van der Waals surface area contributed by atoms with Crippen LogP contribution < -0.4 is 10.6 Å². The number of halogens is 1. The Balaban J connectivity index is 1.83. The molecule has 2 aliphatic carbocycles. The monoisotopic (exact) mass is 290 g/mol. The second-order valence-electron chi connectivity index (χ2n) is 6.90. The lowest BCUT2D eigenvalue weighted by Crippen LogP contribution is -2.31. The van der Waals surface area contributed by atoms with E-state index in [2.05, 4.69) is 17.9 Å². The Labute approximate surface area is 127 Å². The van der Waals surface area contributed by atoms with E-state index in [0.29, 0.717) is 6.42 Å². The van der Waals surface area contributed by atoms with Crippen molar-refractivity contribution in [2.75, 3.05) is 18.0 Å². The Bertz CT molecular complexity index is 466. The van der Waals surface area contributed by atoms with Gasteiger partial charge in [-0.25, -0.2) is 4.39 Å². The molecule has 116 valence electrons. The molecule has 2 nitrogen and oxygen atoms in total. The number of hydrogen-bond acceptors (Lipinski definition) is 2. The van der Waals surface area contributed by atoms with Crippen molar-refractivity contribution in [1.29, 1.82) is 0 Å². The molecule has 2 aliphatic rings. The van der Waals surface area contributed by atoms with Gasteiger partial charge >= 0.3 is 0 Å². The van der Waals surface area contributed by atoms with E-state index in [1.165, 1.54) is 25.7 Å². The zero-order valence-corrected chi connectivity index (χ0v) is 13.0. The lowest BCUT2D eigenvalue weighted by atomic mass is 10.0. The summed E-state index contributed by atoms with van der Waals surface area (Å²) >= 11 is 0. The van der Waals surface area contributed by atoms with Crippen molar-refractivity contribution in [2.24, 2.45) is 17.6 Å². The highest BCUT2D eigenvalue weighted by atomic mass is 19.1. The number of nitrogens with zero attached hydrogens (tertiary/aromatic N) is 1. The van der Waals surface area contributed by atoms with Crippen molar-refractivity contribution < 1.29 is 4.39 Å². The third kappa shape index (κ3) is 3.97. The summed E-state index contributed by atoms with van der Waals surface area (Å²) in [5.41, 5.74) is 8.01. The molecule has 0 spiro atoms. The standard InChI is InChI=1S/C18H27FN2/c1-2-15(20)10-16-17(19)4-3-5-18(16)21(11-13-6-7-13)12-14-8-9-14/h3-5,13-15H,2,6-12,20H2,1H3. The highest BCUT2D eigenvalue weighted by Gasteiger charge is 2.30. The van der Waals surface area contributed by atoms with Crippen LogP contribution in [0.4, 0.5) is 10.1 Å². The molecule has 0 aliphatic heterocycles. The summed E-state index contributed by atoms with van der Waals surface area (Å²) in [6.07, 6.45) is 6.87. The topological polar surface area (TPSA) is 29.3 Å². The lowest BCUT2D eigenvalue weighted by molar-refractivity contribution is 0.574. The summed E-state index contributed by atoms with van der Waals surface area (Å²) in [7, 11) is 0. The maximum atomic E-state index is 14.3. The zero-order valence-electron chi connectivity index (χ0n) is 13.0. The zero-order chi connectivity index (χ0) is 14.8. The second kappa shape index (κ2) is 6.35. The van der Waals surface area contributed by atoms with E-state index in [0.717, 1.165) is 42.6 Å². The first-order valence-corrected chi connectivity index (χ1v) is 8.45. The van der Waals surface area contributed by atoms with E-state index in [4.69, 9.17) is 5.73 Å². The molecule has 0 aromatic heterocycles. The molecule has 3 rings (SSSR count). The van der Waals surface area contributed by atoms with Crippen molar-refractivity contribution in [2.45, 2.75) is 51.5 Å². The summed E-state index contributed by atoms with van der Waals surface area (Å²) in [5, 5.41) is 0. The Morgan fingerprint density at radius 3 is 2.33 bits per heavy atom. The van der Waals surface area contributed by atoms with Crippen LogP contribution in [0, 0.1) is 17.7 Å². The van der Waals surface area contributed by atoms with Crippen molar-refractivity contribution >= 4 is 5.69 Å². The summed E-state index contributed by atoms with van der Waals surface area (Å²) in [6.45, 7) is 4.25. The van der Waals surface area contributed by atoms with Crippen LogP contribution in [-0.4, -0.2) is 19.1 Å². The molecule has 0 amide bonds. The van der Waals surface area contributed by atoms with Crippen LogP contribution in [0.2, 0.25) is 0 Å². The van der Waals surface area contributed by atoms with E-state index >= 15 is 0 Å². The van der Waals surface area contributed by atoms with E-state index in [1.807, 2.05) is 6.07 Å². The summed E-state index contributed by atoms with van der Waals surface area (Å²) < 4.78 is 14.3. The first kappa shape index (κ1) is 14.8. The number of anilines is 1. The lowest BCUT2D eigenvalue weighted by Gasteiger charge is -2.28. The minimum absolute atomic E-state index is 0.0457. The SMILES string of the molecule is CCC(N)Cc1c(F)cccc1N(CC1CC1)CC1CC1. The Kier molecular flexibility index (Phi) is 4.48. The highest BCUT2D eigenvalue weighted by molar-refractivity contribution is 5.55. The van der Waals surface area contributed by atoms with E-state index in [1.54, 1.807) is 6.07 Å². The van der Waals surface area contributed by atoms with Gasteiger partial charge in [-0.3, -0.25) is 0 Å². The second-order valence-corrected chi connectivity index (χ2v) is 6.90. The Morgan fingerprint density at radius 2 is 1.81 bits per heavy atom. The van der Waals surface area contributed by atoms with Crippen LogP contribution in [0.1, 0.15) is 44.6 Å². The third-order valence-corrected chi connectivity index (χ3v) is 4.78. The van der Waals surface area contributed by atoms with Gasteiger partial charge in [0.2, 0.25) is 0 Å². The van der Waals surface area contributed by atoms with Crippen LogP contribution >= 0.6 is 0 Å². The summed E-state index contributed by atoms with van der Waals surface area (Å²) in [6, 6.07) is 5.56. The van der Waals surface area contributed by atoms with Crippen molar-refractivity contribution in [1.82, 2.24) is 0 Å². The van der Waals surface area contributed by atoms with Crippen LogP contribution in [0.5, 0.6) is 0 Å². The van der Waals surface area contributed by atoms with Gasteiger partial charge in [0, 0.05) is 30.4 Å².